The fourth-order valence-electron chi connectivity index (χ4n) is 1.74. The van der Waals surface area contributed by atoms with Gasteiger partial charge in [-0.1, -0.05) is 0 Å². The summed E-state index contributed by atoms with van der Waals surface area (Å²) in [7, 11) is 0. The number of aliphatic hydroxyl groups is 1. The van der Waals surface area contributed by atoms with Gasteiger partial charge in [0.05, 0.1) is 13.2 Å². The molecule has 0 amide bonds. The van der Waals surface area contributed by atoms with Crippen molar-refractivity contribution in [2.24, 2.45) is 0 Å². The van der Waals surface area contributed by atoms with E-state index in [9.17, 15) is 4.79 Å². The summed E-state index contributed by atoms with van der Waals surface area (Å²) < 4.78 is 9.83. The lowest BCUT2D eigenvalue weighted by Crippen LogP contribution is -2.45. The third kappa shape index (κ3) is 1.82. The van der Waals surface area contributed by atoms with Gasteiger partial charge < -0.3 is 14.6 Å². The van der Waals surface area contributed by atoms with E-state index in [1.807, 2.05) is 4.90 Å². The third-order valence-electron chi connectivity index (χ3n) is 2.44. The molecular formula is C8H13NO4. The van der Waals surface area contributed by atoms with Crippen LogP contribution < -0.4 is 0 Å². The lowest BCUT2D eigenvalue weighted by atomic mass is 10.2. The number of hydrogen-bond acceptors (Lipinski definition) is 5. The second-order valence-corrected chi connectivity index (χ2v) is 3.29. The van der Waals surface area contributed by atoms with Crippen molar-refractivity contribution in [2.45, 2.75) is 18.8 Å². The summed E-state index contributed by atoms with van der Waals surface area (Å²) in [5.74, 6) is -0.311. The Kier molecular flexibility index (Phi) is 2.48. The fourth-order valence-corrected chi connectivity index (χ4v) is 1.74. The maximum Gasteiger partial charge on any atom is 0.325 e. The van der Waals surface area contributed by atoms with Gasteiger partial charge in [0.15, 0.2) is 0 Å². The molecule has 74 valence electrons. The van der Waals surface area contributed by atoms with Gasteiger partial charge in [0, 0.05) is 19.5 Å². The minimum Gasteiger partial charge on any atom is -0.435 e. The molecule has 5 nitrogen and oxygen atoms in total. The van der Waals surface area contributed by atoms with Crippen molar-refractivity contribution in [1.82, 2.24) is 4.90 Å². The molecule has 0 aliphatic carbocycles. The maximum absolute atomic E-state index is 11.2. The van der Waals surface area contributed by atoms with E-state index in [0.717, 1.165) is 13.1 Å². The number of cyclic esters (lactones) is 1. The van der Waals surface area contributed by atoms with E-state index < -0.39 is 6.29 Å². The second-order valence-electron chi connectivity index (χ2n) is 3.29. The van der Waals surface area contributed by atoms with E-state index in [2.05, 4.69) is 4.74 Å². The third-order valence-corrected chi connectivity index (χ3v) is 2.44. The summed E-state index contributed by atoms with van der Waals surface area (Å²) in [6, 6.07) is -0.265. The molecule has 1 N–H and O–H groups in total. The molecule has 5 heteroatoms. The molecule has 0 saturated carbocycles. The zero-order valence-corrected chi connectivity index (χ0v) is 7.31. The van der Waals surface area contributed by atoms with Crippen molar-refractivity contribution < 1.29 is 19.4 Å². The SMILES string of the molecule is O=C1OC(O)CC1N1CCOCC1. The first-order chi connectivity index (χ1) is 6.27. The van der Waals surface area contributed by atoms with E-state index in [4.69, 9.17) is 9.84 Å². The van der Waals surface area contributed by atoms with Crippen LogP contribution in [0, 0.1) is 0 Å². The Morgan fingerprint density at radius 1 is 1.38 bits per heavy atom. The van der Waals surface area contributed by atoms with Crippen molar-refractivity contribution in [3.8, 4) is 0 Å². The highest BCUT2D eigenvalue weighted by molar-refractivity contribution is 5.77. The van der Waals surface area contributed by atoms with Gasteiger partial charge in [0.25, 0.3) is 0 Å². The average Bonchev–Trinajstić information content (AvgIpc) is 2.47. The van der Waals surface area contributed by atoms with Crippen molar-refractivity contribution in [2.75, 3.05) is 26.3 Å². The van der Waals surface area contributed by atoms with Crippen molar-refractivity contribution in [1.29, 1.82) is 0 Å². The summed E-state index contributed by atoms with van der Waals surface area (Å²) in [6.45, 7) is 2.79. The van der Waals surface area contributed by atoms with Crippen LogP contribution in [0.25, 0.3) is 0 Å². The van der Waals surface area contributed by atoms with Crippen LogP contribution in [0.4, 0.5) is 0 Å². The summed E-state index contributed by atoms with van der Waals surface area (Å²) in [6.07, 6.45) is -0.529. The first-order valence-electron chi connectivity index (χ1n) is 4.48. The molecule has 2 rings (SSSR count). The molecule has 0 radical (unpaired) electrons. The lowest BCUT2D eigenvalue weighted by molar-refractivity contribution is -0.156. The Labute approximate surface area is 76.2 Å². The van der Waals surface area contributed by atoms with Crippen LogP contribution in [0.3, 0.4) is 0 Å². The van der Waals surface area contributed by atoms with Crippen molar-refractivity contribution in [3.05, 3.63) is 0 Å². The van der Waals surface area contributed by atoms with Crippen molar-refractivity contribution in [3.63, 3.8) is 0 Å². The molecule has 0 spiro atoms. The molecule has 0 aromatic heterocycles. The largest absolute Gasteiger partial charge is 0.435 e. The number of morpholine rings is 1. The molecule has 2 aliphatic rings. The smallest absolute Gasteiger partial charge is 0.325 e. The minimum atomic E-state index is -0.916. The first kappa shape index (κ1) is 8.93. The van der Waals surface area contributed by atoms with Gasteiger partial charge in [-0.15, -0.1) is 0 Å². The Morgan fingerprint density at radius 2 is 2.08 bits per heavy atom. The van der Waals surface area contributed by atoms with Crippen LogP contribution in [0.2, 0.25) is 0 Å². The van der Waals surface area contributed by atoms with E-state index in [1.54, 1.807) is 0 Å². The highest BCUT2D eigenvalue weighted by Gasteiger charge is 2.37. The van der Waals surface area contributed by atoms with Crippen LogP contribution in [0.15, 0.2) is 0 Å². The lowest BCUT2D eigenvalue weighted by Gasteiger charge is -2.29. The van der Waals surface area contributed by atoms with Crippen LogP contribution >= 0.6 is 0 Å². The zero-order chi connectivity index (χ0) is 9.26. The summed E-state index contributed by atoms with van der Waals surface area (Å²) >= 11 is 0. The molecule has 0 aromatic rings. The molecular weight excluding hydrogens is 174 g/mol. The van der Waals surface area contributed by atoms with E-state index >= 15 is 0 Å². The highest BCUT2D eigenvalue weighted by atomic mass is 16.6. The standard InChI is InChI=1S/C8H13NO4/c10-7-5-6(8(11)13-7)9-1-3-12-4-2-9/h6-7,10H,1-5H2. The van der Waals surface area contributed by atoms with E-state index in [-0.39, 0.29) is 12.0 Å². The number of carbonyl (C=O) groups excluding carboxylic acids is 1. The van der Waals surface area contributed by atoms with Crippen molar-refractivity contribution >= 4 is 5.97 Å². The van der Waals surface area contributed by atoms with E-state index in [0.29, 0.717) is 19.6 Å². The average molecular weight is 187 g/mol. The Bertz CT molecular complexity index is 202. The number of ether oxygens (including phenoxy) is 2. The predicted molar refractivity (Wildman–Crippen MR) is 42.9 cm³/mol. The van der Waals surface area contributed by atoms with E-state index in [1.165, 1.54) is 0 Å². The Hall–Kier alpha value is -0.650. The summed E-state index contributed by atoms with van der Waals surface area (Å²) in [5, 5.41) is 9.10. The molecule has 0 bridgehead atoms. The molecule has 2 saturated heterocycles. The van der Waals surface area contributed by atoms with Gasteiger partial charge in [-0.2, -0.15) is 0 Å². The number of carbonyl (C=O) groups is 1. The molecule has 2 fully saturated rings. The van der Waals surface area contributed by atoms with Gasteiger partial charge in [-0.3, -0.25) is 9.69 Å². The molecule has 2 aliphatic heterocycles. The predicted octanol–water partition coefficient (Wildman–Crippen LogP) is -1.05. The van der Waals surface area contributed by atoms with Crippen LogP contribution in [-0.2, 0) is 14.3 Å². The van der Waals surface area contributed by atoms with Crippen LogP contribution in [0.1, 0.15) is 6.42 Å². The topological polar surface area (TPSA) is 59.0 Å². The van der Waals surface area contributed by atoms with Gasteiger partial charge in [-0.25, -0.2) is 0 Å². The van der Waals surface area contributed by atoms with Gasteiger partial charge in [0.2, 0.25) is 6.29 Å². The molecule has 0 aromatic carbocycles. The first-order valence-corrected chi connectivity index (χ1v) is 4.48. The maximum atomic E-state index is 11.2. The fraction of sp³-hybridized carbons (Fsp3) is 0.875. The molecule has 2 unspecified atom stereocenters. The quantitative estimate of drug-likeness (QED) is 0.531. The second kappa shape index (κ2) is 3.61. The minimum absolute atomic E-state index is 0.265. The normalized spacial score (nSPS) is 36.2. The number of esters is 1. The Balaban J connectivity index is 1.95. The van der Waals surface area contributed by atoms with Gasteiger partial charge in [0.1, 0.15) is 6.04 Å². The monoisotopic (exact) mass is 187 g/mol. The summed E-state index contributed by atoms with van der Waals surface area (Å²) in [5.41, 5.74) is 0. The van der Waals surface area contributed by atoms with Crippen LogP contribution in [0.5, 0.6) is 0 Å². The molecule has 13 heavy (non-hydrogen) atoms. The molecule has 2 heterocycles. The van der Waals surface area contributed by atoms with Gasteiger partial charge >= 0.3 is 5.97 Å². The van der Waals surface area contributed by atoms with Gasteiger partial charge in [-0.05, 0) is 0 Å². The zero-order valence-electron chi connectivity index (χ0n) is 7.31. The highest BCUT2D eigenvalue weighted by Crippen LogP contribution is 2.19. The number of rotatable bonds is 1. The number of hydrogen-bond donors (Lipinski definition) is 1. The Morgan fingerprint density at radius 3 is 2.62 bits per heavy atom. The number of nitrogens with zero attached hydrogens (tertiary/aromatic N) is 1. The molecule has 2 atom stereocenters. The van der Waals surface area contributed by atoms with Crippen LogP contribution in [-0.4, -0.2) is 54.6 Å². The number of aliphatic hydroxyl groups excluding tert-OH is 1. The summed E-state index contributed by atoms with van der Waals surface area (Å²) in [4.78, 5) is 13.2.